The number of hydrogen-bond donors (Lipinski definition) is 1. The number of carbonyl (C=O) groups is 1. The zero-order chi connectivity index (χ0) is 18.7. The molecule has 0 bridgehead atoms. The molecule has 1 amide bonds. The van der Waals surface area contributed by atoms with Crippen molar-refractivity contribution in [3.05, 3.63) is 41.3 Å². The lowest BCUT2D eigenvalue weighted by molar-refractivity contribution is 0.102. The summed E-state index contributed by atoms with van der Waals surface area (Å²) in [6.07, 6.45) is 1.58. The van der Waals surface area contributed by atoms with E-state index >= 15 is 0 Å². The summed E-state index contributed by atoms with van der Waals surface area (Å²) in [7, 11) is 3.68. The van der Waals surface area contributed by atoms with Gasteiger partial charge in [-0.2, -0.15) is 4.98 Å². The van der Waals surface area contributed by atoms with Crippen LogP contribution in [-0.2, 0) is 4.74 Å². The second-order valence-corrected chi connectivity index (χ2v) is 6.32. The fourth-order valence-electron chi connectivity index (χ4n) is 2.64. The number of nitrogens with one attached hydrogen (secondary N) is 1. The van der Waals surface area contributed by atoms with E-state index in [-0.39, 0.29) is 5.56 Å². The predicted octanol–water partition coefficient (Wildman–Crippen LogP) is 2.08. The summed E-state index contributed by atoms with van der Waals surface area (Å²) >= 11 is 0. The zero-order valence-electron chi connectivity index (χ0n) is 15.1. The number of halogens is 1. The van der Waals surface area contributed by atoms with Gasteiger partial charge in [0.05, 0.1) is 19.4 Å². The van der Waals surface area contributed by atoms with Crippen molar-refractivity contribution in [2.45, 2.75) is 6.92 Å². The van der Waals surface area contributed by atoms with Crippen molar-refractivity contribution in [1.29, 1.82) is 0 Å². The molecular formula is C18H22FN5O2. The molecule has 0 unspecified atom stereocenters. The number of nitrogens with zero attached hydrogens (tertiary/aromatic N) is 4. The lowest BCUT2D eigenvalue weighted by atomic mass is 10.1. The third kappa shape index (κ3) is 3.91. The number of aromatic nitrogens is 2. The number of carbonyl (C=O) groups excluding carboxylic acids is 1. The van der Waals surface area contributed by atoms with E-state index in [1.54, 1.807) is 30.2 Å². The van der Waals surface area contributed by atoms with E-state index < -0.39 is 11.7 Å². The minimum absolute atomic E-state index is 0.245. The first-order valence-corrected chi connectivity index (χ1v) is 8.40. The molecule has 1 aromatic carbocycles. The Labute approximate surface area is 151 Å². The van der Waals surface area contributed by atoms with Crippen molar-refractivity contribution < 1.29 is 13.9 Å². The number of rotatable bonds is 4. The second-order valence-electron chi connectivity index (χ2n) is 6.32. The molecule has 1 fully saturated rings. The van der Waals surface area contributed by atoms with Gasteiger partial charge < -0.3 is 19.9 Å². The van der Waals surface area contributed by atoms with Gasteiger partial charge in [0.25, 0.3) is 5.91 Å². The van der Waals surface area contributed by atoms with Crippen LogP contribution < -0.4 is 15.1 Å². The number of anilines is 3. The van der Waals surface area contributed by atoms with Crippen LogP contribution in [0.3, 0.4) is 0 Å². The summed E-state index contributed by atoms with van der Waals surface area (Å²) in [5.41, 5.74) is 1.21. The topological polar surface area (TPSA) is 70.6 Å². The average Bonchev–Trinajstić information content (AvgIpc) is 2.64. The summed E-state index contributed by atoms with van der Waals surface area (Å²) in [5.74, 6) is 0.359. The minimum Gasteiger partial charge on any atom is -0.378 e. The van der Waals surface area contributed by atoms with Crippen LogP contribution in [0.2, 0.25) is 0 Å². The van der Waals surface area contributed by atoms with Crippen molar-refractivity contribution in [1.82, 2.24) is 9.97 Å². The fraction of sp³-hybridized carbons (Fsp3) is 0.389. The number of ether oxygens (including phenoxy) is 1. The third-order valence-corrected chi connectivity index (χ3v) is 4.16. The molecule has 7 nitrogen and oxygen atoms in total. The Morgan fingerprint density at radius 1 is 1.31 bits per heavy atom. The van der Waals surface area contributed by atoms with Gasteiger partial charge in [0.15, 0.2) is 5.82 Å². The molecule has 8 heteroatoms. The second kappa shape index (κ2) is 7.65. The van der Waals surface area contributed by atoms with E-state index in [0.29, 0.717) is 36.2 Å². The highest BCUT2D eigenvalue weighted by atomic mass is 19.1. The lowest BCUT2D eigenvalue weighted by Gasteiger charge is -2.28. The maximum atomic E-state index is 13.7. The Hall–Kier alpha value is -2.74. The van der Waals surface area contributed by atoms with Gasteiger partial charge in [-0.25, -0.2) is 9.37 Å². The van der Waals surface area contributed by atoms with E-state index in [1.165, 1.54) is 6.07 Å². The van der Waals surface area contributed by atoms with Gasteiger partial charge in [0, 0.05) is 32.7 Å². The van der Waals surface area contributed by atoms with Crippen LogP contribution in [0.4, 0.5) is 21.8 Å². The molecule has 0 aliphatic carbocycles. The summed E-state index contributed by atoms with van der Waals surface area (Å²) in [6.45, 7) is 4.37. The van der Waals surface area contributed by atoms with Crippen LogP contribution >= 0.6 is 0 Å². The number of amides is 1. The fourth-order valence-corrected chi connectivity index (χ4v) is 2.64. The number of hydrogen-bond acceptors (Lipinski definition) is 6. The van der Waals surface area contributed by atoms with Gasteiger partial charge in [0.2, 0.25) is 5.95 Å². The van der Waals surface area contributed by atoms with Crippen molar-refractivity contribution in [3.8, 4) is 0 Å². The van der Waals surface area contributed by atoms with Crippen molar-refractivity contribution in [2.75, 3.05) is 55.5 Å². The number of aryl methyl sites for hydroxylation is 1. The summed E-state index contributed by atoms with van der Waals surface area (Å²) in [5, 5.41) is 2.77. The van der Waals surface area contributed by atoms with Gasteiger partial charge >= 0.3 is 0 Å². The first-order chi connectivity index (χ1) is 12.5. The van der Waals surface area contributed by atoms with Gasteiger partial charge in [-0.1, -0.05) is 6.07 Å². The first kappa shape index (κ1) is 18.1. The van der Waals surface area contributed by atoms with Crippen molar-refractivity contribution in [3.63, 3.8) is 0 Å². The SMILES string of the molecule is Cc1ccc(C(=O)Nc2cnc(N3CCOCC3)nc2N(C)C)cc1F. The minimum atomic E-state index is -0.413. The number of morpholine rings is 1. The van der Waals surface area contributed by atoms with Gasteiger partial charge in [-0.05, 0) is 24.6 Å². The van der Waals surface area contributed by atoms with Crippen LogP contribution in [0, 0.1) is 12.7 Å². The summed E-state index contributed by atoms with van der Waals surface area (Å²) in [4.78, 5) is 25.2. The smallest absolute Gasteiger partial charge is 0.255 e. The summed E-state index contributed by atoms with van der Waals surface area (Å²) in [6, 6.07) is 4.39. The molecule has 1 aliphatic rings. The molecule has 1 aromatic heterocycles. The normalized spacial score (nSPS) is 14.2. The average molecular weight is 359 g/mol. The highest BCUT2D eigenvalue weighted by molar-refractivity contribution is 6.05. The predicted molar refractivity (Wildman–Crippen MR) is 98.5 cm³/mol. The maximum Gasteiger partial charge on any atom is 0.255 e. The summed E-state index contributed by atoms with van der Waals surface area (Å²) < 4.78 is 19.1. The van der Waals surface area contributed by atoms with Crippen molar-refractivity contribution in [2.24, 2.45) is 0 Å². The van der Waals surface area contributed by atoms with Gasteiger partial charge in [-0.15, -0.1) is 0 Å². The Kier molecular flexibility index (Phi) is 5.32. The van der Waals surface area contributed by atoms with Gasteiger partial charge in [0.1, 0.15) is 11.5 Å². The highest BCUT2D eigenvalue weighted by Crippen LogP contribution is 2.25. The molecule has 0 saturated carbocycles. The van der Waals surface area contributed by atoms with E-state index in [0.717, 1.165) is 13.1 Å². The number of benzene rings is 1. The largest absolute Gasteiger partial charge is 0.378 e. The van der Waals surface area contributed by atoms with E-state index in [2.05, 4.69) is 15.3 Å². The van der Waals surface area contributed by atoms with Gasteiger partial charge in [-0.3, -0.25) is 4.79 Å². The zero-order valence-corrected chi connectivity index (χ0v) is 15.1. The maximum absolute atomic E-state index is 13.7. The van der Waals surface area contributed by atoms with Crippen LogP contribution in [0.1, 0.15) is 15.9 Å². The molecule has 3 rings (SSSR count). The monoisotopic (exact) mass is 359 g/mol. The molecule has 1 aliphatic heterocycles. The molecule has 0 atom stereocenters. The first-order valence-electron chi connectivity index (χ1n) is 8.40. The molecule has 0 radical (unpaired) electrons. The lowest BCUT2D eigenvalue weighted by Crippen LogP contribution is -2.37. The van der Waals surface area contributed by atoms with Crippen LogP contribution in [0.15, 0.2) is 24.4 Å². The highest BCUT2D eigenvalue weighted by Gasteiger charge is 2.18. The van der Waals surface area contributed by atoms with Crippen molar-refractivity contribution >= 4 is 23.4 Å². The third-order valence-electron chi connectivity index (χ3n) is 4.16. The molecule has 2 heterocycles. The molecule has 138 valence electrons. The Balaban J connectivity index is 1.84. The standard InChI is InChI=1S/C18H22FN5O2/c1-12-4-5-13(10-14(12)19)17(25)21-15-11-20-18(22-16(15)23(2)3)24-6-8-26-9-7-24/h4-5,10-11H,6-9H2,1-3H3,(H,21,25). The molecule has 0 spiro atoms. The van der Waals surface area contributed by atoms with Crippen LogP contribution in [-0.4, -0.2) is 56.3 Å². The molecule has 26 heavy (non-hydrogen) atoms. The van der Waals surface area contributed by atoms with E-state index in [4.69, 9.17) is 4.74 Å². The Bertz CT molecular complexity index is 806. The van der Waals surface area contributed by atoms with Crippen LogP contribution in [0.25, 0.3) is 0 Å². The quantitative estimate of drug-likeness (QED) is 0.901. The Morgan fingerprint density at radius 2 is 2.04 bits per heavy atom. The van der Waals surface area contributed by atoms with Crippen LogP contribution in [0.5, 0.6) is 0 Å². The molecule has 1 N–H and O–H groups in total. The molecule has 1 saturated heterocycles. The molecule has 2 aromatic rings. The molecular weight excluding hydrogens is 337 g/mol. The Morgan fingerprint density at radius 3 is 2.69 bits per heavy atom. The van der Waals surface area contributed by atoms with E-state index in [9.17, 15) is 9.18 Å². The van der Waals surface area contributed by atoms with E-state index in [1.807, 2.05) is 19.0 Å².